The summed E-state index contributed by atoms with van der Waals surface area (Å²) < 4.78 is 6.01. The summed E-state index contributed by atoms with van der Waals surface area (Å²) in [4.78, 5) is 0. The van der Waals surface area contributed by atoms with Crippen LogP contribution in [0.5, 0.6) is 0 Å². The van der Waals surface area contributed by atoms with Crippen LogP contribution in [0.4, 0.5) is 0 Å². The summed E-state index contributed by atoms with van der Waals surface area (Å²) in [6.07, 6.45) is 1.70. The second-order valence-electron chi connectivity index (χ2n) is 4.47. The van der Waals surface area contributed by atoms with E-state index in [4.69, 9.17) is 4.74 Å². The van der Waals surface area contributed by atoms with Gasteiger partial charge in [-0.25, -0.2) is 0 Å². The molecule has 2 heteroatoms. The molecule has 0 aromatic heterocycles. The highest BCUT2D eigenvalue weighted by atomic mass is 32.2. The molecule has 1 aromatic rings. The topological polar surface area (TPSA) is 9.23 Å². The summed E-state index contributed by atoms with van der Waals surface area (Å²) in [6.45, 7) is 5.35. The Morgan fingerprint density at radius 1 is 1.31 bits per heavy atom. The van der Waals surface area contributed by atoms with Crippen molar-refractivity contribution < 1.29 is 4.74 Å². The van der Waals surface area contributed by atoms with Crippen LogP contribution in [0.15, 0.2) is 30.3 Å². The highest BCUT2D eigenvalue weighted by Crippen LogP contribution is 2.36. The molecule has 0 saturated carbocycles. The lowest BCUT2D eigenvalue weighted by atomic mass is 10.0. The molecule has 88 valence electrons. The fourth-order valence-corrected chi connectivity index (χ4v) is 3.78. The highest BCUT2D eigenvalue weighted by molar-refractivity contribution is 8.00. The largest absolute Gasteiger partial charge is 0.372 e. The summed E-state index contributed by atoms with van der Waals surface area (Å²) in [7, 11) is 0. The normalized spacial score (nSPS) is 29.5. The summed E-state index contributed by atoms with van der Waals surface area (Å²) in [5.74, 6) is 1.85. The number of rotatable bonds is 4. The SMILES string of the molecule is CC[C@H]1SC[C@@H](OCc2ccccc2)[C@@H]1C. The summed E-state index contributed by atoms with van der Waals surface area (Å²) >= 11 is 2.07. The molecule has 1 saturated heterocycles. The standard InChI is InChI=1S/C14H20OS/c1-3-14-11(2)13(10-16-14)15-9-12-7-5-4-6-8-12/h4-8,11,13-14H,3,9-10H2,1-2H3/t11-,13+,14+/m0/s1. The molecule has 0 bridgehead atoms. The van der Waals surface area contributed by atoms with Gasteiger partial charge in [0.15, 0.2) is 0 Å². The molecule has 0 amide bonds. The molecule has 1 fully saturated rings. The van der Waals surface area contributed by atoms with Crippen LogP contribution >= 0.6 is 11.8 Å². The van der Waals surface area contributed by atoms with Gasteiger partial charge in [0.1, 0.15) is 0 Å². The van der Waals surface area contributed by atoms with E-state index >= 15 is 0 Å². The molecule has 0 radical (unpaired) electrons. The number of hydrogen-bond acceptors (Lipinski definition) is 2. The summed E-state index contributed by atoms with van der Waals surface area (Å²) in [5, 5.41) is 0.792. The Morgan fingerprint density at radius 3 is 2.69 bits per heavy atom. The van der Waals surface area contributed by atoms with Crippen molar-refractivity contribution in [1.82, 2.24) is 0 Å². The lowest BCUT2D eigenvalue weighted by Crippen LogP contribution is -2.23. The van der Waals surface area contributed by atoms with Crippen LogP contribution in [0.25, 0.3) is 0 Å². The zero-order valence-electron chi connectivity index (χ0n) is 10.1. The third-order valence-corrected chi connectivity index (χ3v) is 5.07. The Balaban J connectivity index is 1.83. The Kier molecular flexibility index (Phi) is 4.30. The van der Waals surface area contributed by atoms with E-state index in [2.05, 4.69) is 49.9 Å². The van der Waals surface area contributed by atoms with Gasteiger partial charge in [-0.15, -0.1) is 0 Å². The average Bonchev–Trinajstić information content (AvgIpc) is 2.69. The second-order valence-corrected chi connectivity index (χ2v) is 5.75. The molecular weight excluding hydrogens is 216 g/mol. The van der Waals surface area contributed by atoms with Gasteiger partial charge in [-0.05, 0) is 17.9 Å². The molecule has 0 N–H and O–H groups in total. The van der Waals surface area contributed by atoms with Crippen molar-refractivity contribution >= 4 is 11.8 Å². The van der Waals surface area contributed by atoms with Gasteiger partial charge in [-0.1, -0.05) is 44.2 Å². The zero-order valence-corrected chi connectivity index (χ0v) is 10.9. The predicted octanol–water partition coefficient (Wildman–Crippen LogP) is 3.73. The number of ether oxygens (including phenoxy) is 1. The van der Waals surface area contributed by atoms with E-state index in [-0.39, 0.29) is 0 Å². The lowest BCUT2D eigenvalue weighted by Gasteiger charge is -2.19. The molecule has 0 spiro atoms. The zero-order chi connectivity index (χ0) is 11.4. The molecular formula is C14H20OS. The van der Waals surface area contributed by atoms with Crippen molar-refractivity contribution in [1.29, 1.82) is 0 Å². The van der Waals surface area contributed by atoms with E-state index < -0.39 is 0 Å². The third kappa shape index (κ3) is 2.80. The molecule has 1 nitrogen and oxygen atoms in total. The van der Waals surface area contributed by atoms with Gasteiger partial charge in [-0.3, -0.25) is 0 Å². The van der Waals surface area contributed by atoms with Gasteiger partial charge >= 0.3 is 0 Å². The quantitative estimate of drug-likeness (QED) is 0.787. The first kappa shape index (κ1) is 12.0. The van der Waals surface area contributed by atoms with Crippen molar-refractivity contribution in [3.63, 3.8) is 0 Å². The number of hydrogen-bond donors (Lipinski definition) is 0. The first-order chi connectivity index (χ1) is 7.81. The molecule has 16 heavy (non-hydrogen) atoms. The van der Waals surface area contributed by atoms with Gasteiger partial charge in [0.05, 0.1) is 12.7 Å². The maximum Gasteiger partial charge on any atom is 0.0721 e. The third-order valence-electron chi connectivity index (χ3n) is 3.36. The summed E-state index contributed by atoms with van der Waals surface area (Å²) in [5.41, 5.74) is 1.28. The van der Waals surface area contributed by atoms with Crippen LogP contribution in [0.1, 0.15) is 25.8 Å². The first-order valence-corrected chi connectivity index (χ1v) is 7.13. The van der Waals surface area contributed by atoms with Gasteiger partial charge in [0.25, 0.3) is 0 Å². The molecule has 3 atom stereocenters. The minimum atomic E-state index is 0.440. The Morgan fingerprint density at radius 2 is 2.06 bits per heavy atom. The number of benzene rings is 1. The molecule has 2 rings (SSSR count). The van der Waals surface area contributed by atoms with Gasteiger partial charge in [0.2, 0.25) is 0 Å². The molecule has 0 unspecified atom stereocenters. The van der Waals surface area contributed by atoms with Crippen LogP contribution in [0.2, 0.25) is 0 Å². The van der Waals surface area contributed by atoms with E-state index in [9.17, 15) is 0 Å². The predicted molar refractivity (Wildman–Crippen MR) is 70.7 cm³/mol. The minimum absolute atomic E-state index is 0.440. The maximum atomic E-state index is 6.01. The van der Waals surface area contributed by atoms with Crippen LogP contribution in [0, 0.1) is 5.92 Å². The van der Waals surface area contributed by atoms with Crippen LogP contribution < -0.4 is 0 Å². The van der Waals surface area contributed by atoms with Crippen molar-refractivity contribution in [2.45, 2.75) is 38.2 Å². The average molecular weight is 236 g/mol. The fourth-order valence-electron chi connectivity index (χ4n) is 2.23. The van der Waals surface area contributed by atoms with Crippen molar-refractivity contribution in [2.75, 3.05) is 5.75 Å². The van der Waals surface area contributed by atoms with Crippen LogP contribution in [0.3, 0.4) is 0 Å². The fraction of sp³-hybridized carbons (Fsp3) is 0.571. The molecule has 1 heterocycles. The van der Waals surface area contributed by atoms with E-state index in [0.717, 1.165) is 17.6 Å². The number of thioether (sulfide) groups is 1. The van der Waals surface area contributed by atoms with Crippen LogP contribution in [-0.4, -0.2) is 17.1 Å². The monoisotopic (exact) mass is 236 g/mol. The van der Waals surface area contributed by atoms with Gasteiger partial charge < -0.3 is 4.74 Å². The lowest BCUT2D eigenvalue weighted by molar-refractivity contribution is 0.0269. The van der Waals surface area contributed by atoms with E-state index in [0.29, 0.717) is 12.0 Å². The highest BCUT2D eigenvalue weighted by Gasteiger charge is 2.32. The smallest absolute Gasteiger partial charge is 0.0721 e. The molecule has 1 aromatic carbocycles. The Hall–Kier alpha value is -0.470. The first-order valence-electron chi connectivity index (χ1n) is 6.08. The van der Waals surface area contributed by atoms with E-state index in [1.54, 1.807) is 0 Å². The summed E-state index contributed by atoms with van der Waals surface area (Å²) in [6, 6.07) is 10.4. The van der Waals surface area contributed by atoms with E-state index in [1.165, 1.54) is 12.0 Å². The molecule has 0 aliphatic carbocycles. The minimum Gasteiger partial charge on any atom is -0.372 e. The van der Waals surface area contributed by atoms with E-state index in [1.807, 2.05) is 6.07 Å². The molecule has 1 aliphatic rings. The Labute approximate surface area is 103 Å². The maximum absolute atomic E-state index is 6.01. The van der Waals surface area contributed by atoms with Crippen LogP contribution in [-0.2, 0) is 11.3 Å². The van der Waals surface area contributed by atoms with Gasteiger partial charge in [0, 0.05) is 11.0 Å². The van der Waals surface area contributed by atoms with Crippen molar-refractivity contribution in [2.24, 2.45) is 5.92 Å². The van der Waals surface area contributed by atoms with Crippen molar-refractivity contribution in [3.05, 3.63) is 35.9 Å². The van der Waals surface area contributed by atoms with Crippen molar-refractivity contribution in [3.8, 4) is 0 Å². The molecule has 1 aliphatic heterocycles. The second kappa shape index (κ2) is 5.74. The Bertz CT molecular complexity index is 312. The van der Waals surface area contributed by atoms with Gasteiger partial charge in [-0.2, -0.15) is 11.8 Å².